The minimum Gasteiger partial charge on any atom is -0.369 e. The Bertz CT molecular complexity index is 878. The molecule has 1 atom stereocenters. The summed E-state index contributed by atoms with van der Waals surface area (Å²) in [5, 5.41) is 4.04. The molecule has 1 saturated heterocycles. The van der Waals surface area contributed by atoms with E-state index in [-0.39, 0.29) is 11.6 Å². The lowest BCUT2D eigenvalue weighted by molar-refractivity contribution is -0.141. The fourth-order valence-electron chi connectivity index (χ4n) is 3.78. The number of anilines is 1. The number of halogens is 5. The van der Waals surface area contributed by atoms with E-state index >= 15 is 0 Å². The first-order chi connectivity index (χ1) is 14.7. The molecular weight excluding hydrogens is 452 g/mol. The molecule has 0 N–H and O–H groups in total. The quantitative estimate of drug-likeness (QED) is 0.506. The summed E-state index contributed by atoms with van der Waals surface area (Å²) in [7, 11) is 0. The highest BCUT2D eigenvalue weighted by atomic mass is 35.5. The van der Waals surface area contributed by atoms with E-state index < -0.39 is 17.9 Å². The maximum atomic E-state index is 13.3. The Morgan fingerprint density at radius 2 is 1.77 bits per heavy atom. The van der Waals surface area contributed by atoms with Crippen molar-refractivity contribution < 1.29 is 18.0 Å². The van der Waals surface area contributed by atoms with Gasteiger partial charge in [-0.15, -0.1) is 0 Å². The van der Waals surface area contributed by atoms with Crippen molar-refractivity contribution in [1.29, 1.82) is 0 Å². The van der Waals surface area contributed by atoms with E-state index in [9.17, 15) is 18.0 Å². The van der Waals surface area contributed by atoms with Crippen molar-refractivity contribution in [2.24, 2.45) is 0 Å². The fourth-order valence-corrected chi connectivity index (χ4v) is 4.24. The topological polar surface area (TPSA) is 41.4 Å². The molecule has 0 saturated carbocycles. The second-order valence-electron chi connectivity index (χ2n) is 7.60. The number of alkyl halides is 3. The minimum absolute atomic E-state index is 0.0410. The van der Waals surface area contributed by atoms with Crippen LogP contribution in [-0.2, 0) is 23.9 Å². The van der Waals surface area contributed by atoms with Gasteiger partial charge in [-0.1, -0.05) is 36.5 Å². The highest BCUT2D eigenvalue weighted by molar-refractivity contribution is 6.32. The number of hydrogen-bond acceptors (Lipinski definition) is 4. The molecule has 1 aliphatic rings. The predicted molar refractivity (Wildman–Crippen MR) is 116 cm³/mol. The molecule has 1 unspecified atom stereocenters. The Morgan fingerprint density at radius 1 is 1.13 bits per heavy atom. The molecule has 5 nitrogen and oxygen atoms in total. The number of piperazine rings is 1. The summed E-state index contributed by atoms with van der Waals surface area (Å²) in [6.45, 7) is 4.60. The first-order valence-corrected chi connectivity index (χ1v) is 11.0. The van der Waals surface area contributed by atoms with Crippen LogP contribution >= 0.6 is 23.2 Å². The second kappa shape index (κ2) is 10.2. The zero-order valence-electron chi connectivity index (χ0n) is 17.2. The van der Waals surface area contributed by atoms with Crippen LogP contribution in [0.5, 0.6) is 0 Å². The van der Waals surface area contributed by atoms with Crippen molar-refractivity contribution in [2.45, 2.75) is 44.9 Å². The Labute approximate surface area is 189 Å². The zero-order valence-corrected chi connectivity index (χ0v) is 18.7. The highest BCUT2D eigenvalue weighted by Crippen LogP contribution is 2.36. The van der Waals surface area contributed by atoms with Crippen LogP contribution in [0, 0.1) is 0 Å². The number of aromatic nitrogens is 2. The third-order valence-corrected chi connectivity index (χ3v) is 6.17. The van der Waals surface area contributed by atoms with Crippen LogP contribution in [0.4, 0.5) is 18.9 Å². The Hall–Kier alpha value is -1.77. The molecule has 1 aliphatic heterocycles. The van der Waals surface area contributed by atoms with E-state index in [2.05, 4.69) is 10.00 Å². The van der Waals surface area contributed by atoms with Gasteiger partial charge in [0.25, 0.3) is 0 Å². The van der Waals surface area contributed by atoms with Gasteiger partial charge in [0.1, 0.15) is 6.29 Å². The number of carbonyl (C=O) groups excluding carboxylic acids is 1. The van der Waals surface area contributed by atoms with Gasteiger partial charge in [-0.3, -0.25) is 9.58 Å². The van der Waals surface area contributed by atoms with Gasteiger partial charge in [0.05, 0.1) is 23.3 Å². The lowest BCUT2D eigenvalue weighted by Gasteiger charge is -2.38. The molecule has 170 valence electrons. The second-order valence-corrected chi connectivity index (χ2v) is 8.41. The molecule has 0 spiro atoms. The van der Waals surface area contributed by atoms with Crippen molar-refractivity contribution in [2.75, 3.05) is 31.1 Å². The first kappa shape index (κ1) is 23.9. The van der Waals surface area contributed by atoms with Gasteiger partial charge in [0.15, 0.2) is 5.69 Å². The van der Waals surface area contributed by atoms with Crippen LogP contribution in [0.15, 0.2) is 24.3 Å². The summed E-state index contributed by atoms with van der Waals surface area (Å²) in [5.41, 5.74) is 0.294. The van der Waals surface area contributed by atoms with E-state index in [4.69, 9.17) is 23.2 Å². The minimum atomic E-state index is -4.63. The smallest absolute Gasteiger partial charge is 0.369 e. The van der Waals surface area contributed by atoms with Crippen LogP contribution in [0.25, 0.3) is 0 Å². The van der Waals surface area contributed by atoms with Gasteiger partial charge < -0.3 is 9.69 Å². The zero-order chi connectivity index (χ0) is 22.6. The molecule has 1 fully saturated rings. The average Bonchev–Trinajstić information content (AvgIpc) is 3.06. The van der Waals surface area contributed by atoms with Crippen LogP contribution in [0.3, 0.4) is 0 Å². The number of carbonyl (C=O) groups is 1. The van der Waals surface area contributed by atoms with Crippen LogP contribution in [0.2, 0.25) is 10.0 Å². The van der Waals surface area contributed by atoms with Gasteiger partial charge >= 0.3 is 6.18 Å². The van der Waals surface area contributed by atoms with Crippen LogP contribution in [-0.4, -0.2) is 53.2 Å². The number of rotatable bonds is 8. The van der Waals surface area contributed by atoms with E-state index in [0.29, 0.717) is 49.7 Å². The third kappa shape index (κ3) is 5.73. The summed E-state index contributed by atoms with van der Waals surface area (Å²) in [6, 6.07) is 6.97. The predicted octanol–water partition coefficient (Wildman–Crippen LogP) is 4.94. The average molecular weight is 477 g/mol. The van der Waals surface area contributed by atoms with Gasteiger partial charge in [0.2, 0.25) is 0 Å². The summed E-state index contributed by atoms with van der Waals surface area (Å²) >= 11 is 12.0. The lowest BCUT2D eigenvalue weighted by Crippen LogP contribution is -2.52. The van der Waals surface area contributed by atoms with Gasteiger partial charge in [-0.05, 0) is 37.1 Å². The van der Waals surface area contributed by atoms with Crippen molar-refractivity contribution >= 4 is 35.2 Å². The first-order valence-electron chi connectivity index (χ1n) is 10.3. The molecule has 10 heteroatoms. The van der Waals surface area contributed by atoms with Crippen molar-refractivity contribution in [3.05, 3.63) is 45.7 Å². The number of hydrogen-bond donors (Lipinski definition) is 0. The Morgan fingerprint density at radius 3 is 2.32 bits per heavy atom. The Balaban J connectivity index is 1.72. The van der Waals surface area contributed by atoms with Crippen LogP contribution < -0.4 is 4.90 Å². The highest BCUT2D eigenvalue weighted by Gasteiger charge is 2.39. The molecule has 1 aromatic carbocycles. The molecule has 0 amide bonds. The summed E-state index contributed by atoms with van der Waals surface area (Å²) in [6.07, 6.45) is -1.97. The van der Waals surface area contributed by atoms with Gasteiger partial charge in [-0.2, -0.15) is 18.3 Å². The molecule has 0 bridgehead atoms. The third-order valence-electron chi connectivity index (χ3n) is 5.52. The standard InChI is InChI=1S/C21H25Cl2F3N4O/c1-2-3-4-18-19(23)20(21(24,25)26)27-30(18)13-17(14-31)29-11-9-28(10-12-29)16-7-5-15(22)6-8-16/h5-8,14,17H,2-4,9-13H2,1H3. The maximum absolute atomic E-state index is 13.3. The summed E-state index contributed by atoms with van der Waals surface area (Å²) in [5.74, 6) is 0. The largest absolute Gasteiger partial charge is 0.436 e. The number of benzene rings is 1. The molecule has 2 heterocycles. The van der Waals surface area contributed by atoms with E-state index in [0.717, 1.165) is 18.4 Å². The molecule has 3 rings (SSSR count). The van der Waals surface area contributed by atoms with Crippen LogP contribution in [0.1, 0.15) is 31.2 Å². The van der Waals surface area contributed by atoms with Crippen molar-refractivity contribution in [3.63, 3.8) is 0 Å². The lowest BCUT2D eigenvalue weighted by atomic mass is 10.1. The van der Waals surface area contributed by atoms with E-state index in [1.807, 2.05) is 36.1 Å². The Kier molecular flexibility index (Phi) is 7.88. The molecule has 0 radical (unpaired) electrons. The maximum Gasteiger partial charge on any atom is 0.436 e. The monoisotopic (exact) mass is 476 g/mol. The van der Waals surface area contributed by atoms with E-state index in [1.165, 1.54) is 4.68 Å². The normalized spacial score (nSPS) is 16.5. The number of unbranched alkanes of at least 4 members (excludes halogenated alkanes) is 1. The van der Waals surface area contributed by atoms with Crippen molar-refractivity contribution in [1.82, 2.24) is 14.7 Å². The number of aldehydes is 1. The van der Waals surface area contributed by atoms with E-state index in [1.54, 1.807) is 0 Å². The molecule has 1 aromatic heterocycles. The molecule has 31 heavy (non-hydrogen) atoms. The van der Waals surface area contributed by atoms with Gasteiger partial charge in [0, 0.05) is 36.9 Å². The molecule has 2 aromatic rings. The number of nitrogens with zero attached hydrogens (tertiary/aromatic N) is 4. The molecular formula is C21H25Cl2F3N4O. The SMILES string of the molecule is CCCCc1c(Cl)c(C(F)(F)F)nn1CC(C=O)N1CCN(c2ccc(Cl)cc2)CC1. The van der Waals surface area contributed by atoms with Crippen molar-refractivity contribution in [3.8, 4) is 0 Å². The summed E-state index contributed by atoms with van der Waals surface area (Å²) < 4.78 is 41.2. The van der Waals surface area contributed by atoms with Gasteiger partial charge in [-0.25, -0.2) is 0 Å². The molecule has 0 aliphatic carbocycles. The fraction of sp³-hybridized carbons (Fsp3) is 0.524. The summed E-state index contributed by atoms with van der Waals surface area (Å²) in [4.78, 5) is 16.0.